The maximum atomic E-state index is 13.4. The summed E-state index contributed by atoms with van der Waals surface area (Å²) < 4.78 is 45.3. The number of aryl methyl sites for hydroxylation is 1. The number of hydrogen-bond donors (Lipinski definition) is 1. The summed E-state index contributed by atoms with van der Waals surface area (Å²) in [6, 6.07) is 11.9. The quantitative estimate of drug-likeness (QED) is 0.732. The number of benzene rings is 2. The van der Waals surface area contributed by atoms with E-state index in [9.17, 15) is 18.0 Å². The first-order valence-electron chi connectivity index (χ1n) is 7.34. The summed E-state index contributed by atoms with van der Waals surface area (Å²) in [6.07, 6.45) is -3.46. The van der Waals surface area contributed by atoms with E-state index in [0.29, 0.717) is 5.56 Å². The number of carbonyl (C=O) groups excluding carboxylic acids is 1. The van der Waals surface area contributed by atoms with Crippen LogP contribution in [-0.2, 0) is 6.18 Å². The fourth-order valence-electron chi connectivity index (χ4n) is 2.44. The Bertz CT molecular complexity index is 902. The zero-order chi connectivity index (χ0) is 18.0. The third kappa shape index (κ3) is 3.55. The van der Waals surface area contributed by atoms with Crippen molar-refractivity contribution in [3.05, 3.63) is 71.9 Å². The Hall–Kier alpha value is -3.09. The number of amides is 1. The Morgan fingerprint density at radius 1 is 1.12 bits per heavy atom. The molecule has 0 aliphatic heterocycles. The molecule has 0 saturated carbocycles. The minimum absolute atomic E-state index is 0.0272. The van der Waals surface area contributed by atoms with Gasteiger partial charge < -0.3 is 9.73 Å². The van der Waals surface area contributed by atoms with E-state index >= 15 is 0 Å². The molecule has 0 bridgehead atoms. The molecule has 1 N–H and O–H groups in total. The first-order valence-corrected chi connectivity index (χ1v) is 7.34. The Morgan fingerprint density at radius 3 is 2.44 bits per heavy atom. The van der Waals surface area contributed by atoms with Crippen LogP contribution in [0.15, 0.2) is 59.3 Å². The van der Waals surface area contributed by atoms with Gasteiger partial charge in [-0.15, -0.1) is 0 Å². The van der Waals surface area contributed by atoms with Gasteiger partial charge >= 0.3 is 6.18 Å². The van der Waals surface area contributed by atoms with E-state index in [0.717, 1.165) is 12.5 Å². The van der Waals surface area contributed by atoms with Gasteiger partial charge in [0.2, 0.25) is 0 Å². The molecule has 2 aromatic carbocycles. The van der Waals surface area contributed by atoms with Crippen LogP contribution in [-0.4, -0.2) is 10.9 Å². The van der Waals surface area contributed by atoms with Gasteiger partial charge in [0.1, 0.15) is 5.76 Å². The van der Waals surface area contributed by atoms with Gasteiger partial charge in [-0.25, -0.2) is 4.98 Å². The van der Waals surface area contributed by atoms with Crippen LogP contribution in [0.3, 0.4) is 0 Å². The van der Waals surface area contributed by atoms with Crippen molar-refractivity contribution in [3.8, 4) is 11.1 Å². The smallest absolute Gasteiger partial charge is 0.417 e. The summed E-state index contributed by atoms with van der Waals surface area (Å²) in [5.41, 5.74) is -0.280. The van der Waals surface area contributed by atoms with E-state index in [1.165, 1.54) is 12.1 Å². The zero-order valence-electron chi connectivity index (χ0n) is 13.1. The number of carbonyl (C=O) groups is 1. The Kier molecular flexibility index (Phi) is 4.31. The lowest BCUT2D eigenvalue weighted by molar-refractivity contribution is -0.137. The van der Waals surface area contributed by atoms with Gasteiger partial charge in [0, 0.05) is 5.69 Å². The molecular weight excluding hydrogens is 333 g/mol. The lowest BCUT2D eigenvalue weighted by Crippen LogP contribution is -2.15. The molecule has 4 nitrogen and oxygen atoms in total. The number of aromatic nitrogens is 1. The van der Waals surface area contributed by atoms with Crippen molar-refractivity contribution in [1.29, 1.82) is 0 Å². The van der Waals surface area contributed by atoms with Gasteiger partial charge in [-0.1, -0.05) is 36.4 Å². The minimum atomic E-state index is -4.56. The highest BCUT2D eigenvalue weighted by molar-refractivity contribution is 6.03. The lowest BCUT2D eigenvalue weighted by atomic mass is 9.98. The molecule has 0 radical (unpaired) electrons. The summed E-state index contributed by atoms with van der Waals surface area (Å²) >= 11 is 0. The molecule has 0 aliphatic carbocycles. The number of hydrogen-bond acceptors (Lipinski definition) is 3. The summed E-state index contributed by atoms with van der Waals surface area (Å²) in [7, 11) is 0. The summed E-state index contributed by atoms with van der Waals surface area (Å²) in [4.78, 5) is 15.8. The topological polar surface area (TPSA) is 55.1 Å². The lowest BCUT2D eigenvalue weighted by Gasteiger charge is -2.15. The van der Waals surface area contributed by atoms with Crippen molar-refractivity contribution in [2.45, 2.75) is 13.1 Å². The molecule has 1 amide bonds. The van der Waals surface area contributed by atoms with E-state index < -0.39 is 17.6 Å². The number of anilines is 1. The molecule has 0 saturated heterocycles. The number of alkyl halides is 3. The second-order valence-electron chi connectivity index (χ2n) is 5.34. The van der Waals surface area contributed by atoms with E-state index in [4.69, 9.17) is 4.42 Å². The standard InChI is InChI=1S/C18H13F3N2O2/c1-11-16(22-10-25-11)17(24)23-13-7-8-14(12-5-3-2-4-6-12)15(9-13)18(19,20)21/h2-10H,1H3,(H,23,24). The Labute approximate surface area is 141 Å². The first-order chi connectivity index (χ1) is 11.9. The number of rotatable bonds is 3. The molecule has 0 spiro atoms. The first kappa shape index (κ1) is 16.8. The van der Waals surface area contributed by atoms with Crippen molar-refractivity contribution in [2.75, 3.05) is 5.32 Å². The second-order valence-corrected chi connectivity index (χ2v) is 5.34. The number of oxazole rings is 1. The highest BCUT2D eigenvalue weighted by Gasteiger charge is 2.34. The number of nitrogens with zero attached hydrogens (tertiary/aromatic N) is 1. The Morgan fingerprint density at radius 2 is 1.84 bits per heavy atom. The SMILES string of the molecule is Cc1ocnc1C(=O)Nc1ccc(-c2ccccc2)c(C(F)(F)F)c1. The van der Waals surface area contributed by atoms with Gasteiger partial charge in [0.25, 0.3) is 5.91 Å². The fourth-order valence-corrected chi connectivity index (χ4v) is 2.44. The molecule has 0 atom stereocenters. The van der Waals surface area contributed by atoms with Crippen molar-refractivity contribution in [2.24, 2.45) is 0 Å². The molecule has 3 rings (SSSR count). The van der Waals surface area contributed by atoms with E-state index in [-0.39, 0.29) is 22.7 Å². The predicted octanol–water partition coefficient (Wildman–Crippen LogP) is 4.92. The monoisotopic (exact) mass is 346 g/mol. The van der Waals surface area contributed by atoms with Gasteiger partial charge in [0.05, 0.1) is 5.56 Å². The van der Waals surface area contributed by atoms with E-state index in [1.807, 2.05) is 0 Å². The number of nitrogens with one attached hydrogen (secondary N) is 1. The van der Waals surface area contributed by atoms with Crippen LogP contribution in [0.4, 0.5) is 18.9 Å². The second kappa shape index (κ2) is 6.43. The average Bonchev–Trinajstić information content (AvgIpc) is 3.01. The highest BCUT2D eigenvalue weighted by Crippen LogP contribution is 2.38. The van der Waals surface area contributed by atoms with Crippen LogP contribution in [0.5, 0.6) is 0 Å². The molecule has 3 aromatic rings. The van der Waals surface area contributed by atoms with Crippen LogP contribution in [0.1, 0.15) is 21.8 Å². The van der Waals surface area contributed by atoms with E-state index in [2.05, 4.69) is 10.3 Å². The Balaban J connectivity index is 1.98. The molecule has 7 heteroatoms. The van der Waals surface area contributed by atoms with Crippen LogP contribution in [0, 0.1) is 6.92 Å². The summed E-state index contributed by atoms with van der Waals surface area (Å²) in [6.45, 7) is 1.54. The van der Waals surface area contributed by atoms with Crippen LogP contribution < -0.4 is 5.32 Å². The van der Waals surface area contributed by atoms with Crippen molar-refractivity contribution in [1.82, 2.24) is 4.98 Å². The van der Waals surface area contributed by atoms with Gasteiger partial charge in [-0.2, -0.15) is 13.2 Å². The molecular formula is C18H13F3N2O2. The van der Waals surface area contributed by atoms with Crippen LogP contribution in [0.2, 0.25) is 0 Å². The largest absolute Gasteiger partial charge is 0.448 e. The number of halogens is 3. The van der Waals surface area contributed by atoms with Gasteiger partial charge in [-0.3, -0.25) is 4.79 Å². The van der Waals surface area contributed by atoms with Gasteiger partial charge in [0.15, 0.2) is 12.1 Å². The summed E-state index contributed by atoms with van der Waals surface area (Å²) in [5.74, 6) is -0.346. The highest BCUT2D eigenvalue weighted by atomic mass is 19.4. The van der Waals surface area contributed by atoms with Crippen molar-refractivity contribution < 1.29 is 22.4 Å². The molecule has 0 unspecified atom stereocenters. The maximum Gasteiger partial charge on any atom is 0.417 e. The molecule has 1 aromatic heterocycles. The molecule has 1 heterocycles. The van der Waals surface area contributed by atoms with Crippen LogP contribution >= 0.6 is 0 Å². The fraction of sp³-hybridized carbons (Fsp3) is 0.111. The predicted molar refractivity (Wildman–Crippen MR) is 86.1 cm³/mol. The maximum absolute atomic E-state index is 13.4. The van der Waals surface area contributed by atoms with E-state index in [1.54, 1.807) is 37.3 Å². The van der Waals surface area contributed by atoms with Crippen molar-refractivity contribution in [3.63, 3.8) is 0 Å². The molecule has 0 fully saturated rings. The zero-order valence-corrected chi connectivity index (χ0v) is 13.1. The molecule has 0 aliphatic rings. The third-order valence-corrected chi connectivity index (χ3v) is 3.63. The van der Waals surface area contributed by atoms with Crippen LogP contribution in [0.25, 0.3) is 11.1 Å². The summed E-state index contributed by atoms with van der Waals surface area (Å²) in [5, 5.41) is 2.41. The van der Waals surface area contributed by atoms with Crippen molar-refractivity contribution >= 4 is 11.6 Å². The third-order valence-electron chi connectivity index (χ3n) is 3.63. The molecule has 128 valence electrons. The average molecular weight is 346 g/mol. The molecule has 25 heavy (non-hydrogen) atoms. The normalized spacial score (nSPS) is 11.4. The minimum Gasteiger partial charge on any atom is -0.448 e. The van der Waals surface area contributed by atoms with Gasteiger partial charge in [-0.05, 0) is 30.2 Å².